The molecule has 0 heterocycles. The van der Waals surface area contributed by atoms with E-state index in [4.69, 9.17) is 10.5 Å². The number of nitrogens with two attached hydrogens (primary N) is 1. The number of anilines is 2. The van der Waals surface area contributed by atoms with Crippen molar-refractivity contribution in [2.75, 3.05) is 24.7 Å². The minimum Gasteiger partial charge on any atom is -0.490 e. The molecule has 0 bridgehead atoms. The summed E-state index contributed by atoms with van der Waals surface area (Å²) >= 11 is 0. The molecule has 3 rings (SSSR count). The molecule has 28 heavy (non-hydrogen) atoms. The van der Waals surface area contributed by atoms with Crippen molar-refractivity contribution in [2.45, 2.75) is 19.3 Å². The minimum atomic E-state index is -0.581. The average molecular weight is 377 g/mol. The summed E-state index contributed by atoms with van der Waals surface area (Å²) in [6, 6.07) is 9.85. The van der Waals surface area contributed by atoms with E-state index in [1.807, 2.05) is 6.07 Å². The Labute approximate surface area is 162 Å². The third-order valence-electron chi connectivity index (χ3n) is 4.82. The number of hydrogen-bond acceptors (Lipinski definition) is 7. The SMILES string of the molecule is COc1c([N+](=O)[O-])ccc(C#N)c1-c1c(C#N)ccc(N)c1NCCC1CC1. The highest BCUT2D eigenvalue weighted by Gasteiger charge is 2.28. The quantitative estimate of drug-likeness (QED) is 0.425. The van der Waals surface area contributed by atoms with E-state index >= 15 is 0 Å². The van der Waals surface area contributed by atoms with Gasteiger partial charge in [0.2, 0.25) is 5.75 Å². The molecule has 2 aromatic carbocycles. The molecule has 1 fully saturated rings. The van der Waals surface area contributed by atoms with Crippen molar-refractivity contribution in [3.63, 3.8) is 0 Å². The largest absolute Gasteiger partial charge is 0.490 e. The zero-order chi connectivity index (χ0) is 20.3. The summed E-state index contributed by atoms with van der Waals surface area (Å²) in [7, 11) is 1.30. The van der Waals surface area contributed by atoms with Gasteiger partial charge in [-0.05, 0) is 30.5 Å². The molecular formula is C20H19N5O3. The molecule has 8 heteroatoms. The van der Waals surface area contributed by atoms with Crippen LogP contribution in [0.2, 0.25) is 0 Å². The van der Waals surface area contributed by atoms with Crippen LogP contribution >= 0.6 is 0 Å². The summed E-state index contributed by atoms with van der Waals surface area (Å²) in [4.78, 5) is 10.9. The second kappa shape index (κ2) is 7.85. The van der Waals surface area contributed by atoms with Crippen molar-refractivity contribution in [3.05, 3.63) is 45.5 Å². The van der Waals surface area contributed by atoms with Crippen LogP contribution in [0, 0.1) is 38.7 Å². The fourth-order valence-electron chi connectivity index (χ4n) is 3.23. The van der Waals surface area contributed by atoms with Crippen LogP contribution in [0.3, 0.4) is 0 Å². The minimum absolute atomic E-state index is 0.0728. The van der Waals surface area contributed by atoms with Crippen LogP contribution in [-0.2, 0) is 0 Å². The summed E-state index contributed by atoms with van der Waals surface area (Å²) in [6.07, 6.45) is 3.38. The van der Waals surface area contributed by atoms with Crippen LogP contribution in [0.1, 0.15) is 30.4 Å². The Morgan fingerprint density at radius 1 is 1.21 bits per heavy atom. The van der Waals surface area contributed by atoms with Gasteiger partial charge in [-0.3, -0.25) is 10.1 Å². The van der Waals surface area contributed by atoms with Crippen LogP contribution < -0.4 is 15.8 Å². The van der Waals surface area contributed by atoms with E-state index in [0.717, 1.165) is 6.42 Å². The number of nitrogens with zero attached hydrogens (tertiary/aromatic N) is 3. The lowest BCUT2D eigenvalue weighted by Crippen LogP contribution is -2.09. The van der Waals surface area contributed by atoms with Crippen molar-refractivity contribution < 1.29 is 9.66 Å². The van der Waals surface area contributed by atoms with Gasteiger partial charge in [-0.2, -0.15) is 10.5 Å². The molecule has 0 amide bonds. The van der Waals surface area contributed by atoms with Gasteiger partial charge in [-0.15, -0.1) is 0 Å². The van der Waals surface area contributed by atoms with Crippen LogP contribution in [0.25, 0.3) is 11.1 Å². The Hall–Kier alpha value is -3.78. The van der Waals surface area contributed by atoms with Gasteiger partial charge >= 0.3 is 5.69 Å². The second-order valence-electron chi connectivity index (χ2n) is 6.63. The van der Waals surface area contributed by atoms with Gasteiger partial charge in [-0.25, -0.2) is 0 Å². The van der Waals surface area contributed by atoms with Gasteiger partial charge in [0.25, 0.3) is 0 Å². The molecule has 0 saturated heterocycles. The number of nitriles is 2. The number of rotatable bonds is 7. The van der Waals surface area contributed by atoms with Gasteiger partial charge < -0.3 is 15.8 Å². The molecular weight excluding hydrogens is 358 g/mol. The van der Waals surface area contributed by atoms with E-state index in [0.29, 0.717) is 29.4 Å². The first-order valence-corrected chi connectivity index (χ1v) is 8.84. The highest BCUT2D eigenvalue weighted by molar-refractivity contribution is 5.95. The first kappa shape index (κ1) is 19.0. The molecule has 1 saturated carbocycles. The molecule has 2 aromatic rings. The number of ether oxygens (including phenoxy) is 1. The fraction of sp³-hybridized carbons (Fsp3) is 0.300. The average Bonchev–Trinajstić information content (AvgIpc) is 3.52. The highest BCUT2D eigenvalue weighted by Crippen LogP contribution is 2.46. The number of nitro groups is 1. The first-order chi connectivity index (χ1) is 13.5. The molecule has 0 radical (unpaired) electrons. The molecule has 0 atom stereocenters. The van der Waals surface area contributed by atoms with Crippen LogP contribution in [0.5, 0.6) is 5.75 Å². The molecule has 142 valence electrons. The summed E-state index contributed by atoms with van der Waals surface area (Å²) in [5.41, 5.74) is 7.70. The van der Waals surface area contributed by atoms with Gasteiger partial charge in [0.1, 0.15) is 0 Å². The Bertz CT molecular complexity index is 1020. The predicted octanol–water partition coefficient (Wildman–Crippen LogP) is 3.81. The second-order valence-corrected chi connectivity index (χ2v) is 6.63. The van der Waals surface area contributed by atoms with Crippen molar-refractivity contribution in [1.82, 2.24) is 0 Å². The van der Waals surface area contributed by atoms with Crippen LogP contribution in [0.15, 0.2) is 24.3 Å². The topological polar surface area (TPSA) is 138 Å². The third-order valence-corrected chi connectivity index (χ3v) is 4.82. The lowest BCUT2D eigenvalue weighted by molar-refractivity contribution is -0.385. The molecule has 1 aliphatic rings. The van der Waals surface area contributed by atoms with Gasteiger partial charge in [-0.1, -0.05) is 12.8 Å². The Morgan fingerprint density at radius 3 is 2.43 bits per heavy atom. The van der Waals surface area contributed by atoms with Gasteiger partial charge in [0, 0.05) is 18.2 Å². The number of nitrogens with one attached hydrogen (secondary N) is 1. The van der Waals surface area contributed by atoms with E-state index in [-0.39, 0.29) is 28.1 Å². The Kier molecular flexibility index (Phi) is 5.32. The van der Waals surface area contributed by atoms with Crippen LogP contribution in [0.4, 0.5) is 17.1 Å². The van der Waals surface area contributed by atoms with Gasteiger partial charge in [0.15, 0.2) is 0 Å². The number of nitrogen functional groups attached to an aromatic ring is 1. The van der Waals surface area contributed by atoms with E-state index < -0.39 is 4.92 Å². The van der Waals surface area contributed by atoms with E-state index in [1.54, 1.807) is 6.07 Å². The molecule has 0 spiro atoms. The zero-order valence-electron chi connectivity index (χ0n) is 15.4. The standard InChI is InChI=1S/C20H19N5O3/c1-28-20-16(25(26)27)7-5-14(11-22)18(20)17-13(10-21)4-6-15(23)19(17)24-9-8-12-2-3-12/h4-7,12,24H,2-3,8-9,23H2,1H3. The molecule has 1 aliphatic carbocycles. The summed E-state index contributed by atoms with van der Waals surface area (Å²) < 4.78 is 5.31. The third kappa shape index (κ3) is 3.53. The predicted molar refractivity (Wildman–Crippen MR) is 105 cm³/mol. The van der Waals surface area contributed by atoms with E-state index in [1.165, 1.54) is 38.2 Å². The summed E-state index contributed by atoms with van der Waals surface area (Å²) in [5, 5.41) is 34.0. The van der Waals surface area contributed by atoms with Gasteiger partial charge in [0.05, 0.1) is 52.2 Å². The zero-order valence-corrected chi connectivity index (χ0v) is 15.4. The molecule has 0 aliphatic heterocycles. The monoisotopic (exact) mass is 377 g/mol. The normalized spacial score (nSPS) is 12.7. The fourth-order valence-corrected chi connectivity index (χ4v) is 3.23. The summed E-state index contributed by atoms with van der Waals surface area (Å²) in [5.74, 6) is 0.620. The number of benzene rings is 2. The molecule has 3 N–H and O–H groups in total. The lowest BCUT2D eigenvalue weighted by Gasteiger charge is -2.19. The Balaban J connectivity index is 2.25. The van der Waals surface area contributed by atoms with E-state index in [2.05, 4.69) is 11.4 Å². The number of methoxy groups -OCH3 is 1. The maximum atomic E-state index is 11.5. The van der Waals surface area contributed by atoms with E-state index in [9.17, 15) is 20.6 Å². The first-order valence-electron chi connectivity index (χ1n) is 8.84. The maximum Gasteiger partial charge on any atom is 0.311 e. The maximum absolute atomic E-state index is 11.5. The molecule has 0 unspecified atom stereocenters. The number of hydrogen-bond donors (Lipinski definition) is 2. The highest BCUT2D eigenvalue weighted by atomic mass is 16.6. The lowest BCUT2D eigenvalue weighted by atomic mass is 9.92. The van der Waals surface area contributed by atoms with Crippen molar-refractivity contribution in [2.24, 2.45) is 5.92 Å². The smallest absolute Gasteiger partial charge is 0.311 e. The molecule has 8 nitrogen and oxygen atoms in total. The Morgan fingerprint density at radius 2 is 1.86 bits per heavy atom. The van der Waals surface area contributed by atoms with Crippen molar-refractivity contribution >= 4 is 17.1 Å². The molecule has 0 aromatic heterocycles. The van der Waals surface area contributed by atoms with Crippen molar-refractivity contribution in [3.8, 4) is 29.0 Å². The van der Waals surface area contributed by atoms with Crippen LogP contribution in [-0.4, -0.2) is 18.6 Å². The van der Waals surface area contributed by atoms with Crippen molar-refractivity contribution in [1.29, 1.82) is 10.5 Å². The summed E-state index contributed by atoms with van der Waals surface area (Å²) in [6.45, 7) is 0.649. The number of nitro benzene ring substituents is 1.